The van der Waals surface area contributed by atoms with Gasteiger partial charge in [0.15, 0.2) is 0 Å². The fraction of sp³-hybridized carbons (Fsp3) is 0.556. The van der Waals surface area contributed by atoms with E-state index < -0.39 is 7.60 Å². The lowest BCUT2D eigenvalue weighted by atomic mass is 10.1. The molecule has 0 aliphatic carbocycles. The van der Waals surface area contributed by atoms with Crippen LogP contribution in [0.3, 0.4) is 0 Å². The molecule has 14 heavy (non-hydrogen) atoms. The zero-order valence-electron chi connectivity index (χ0n) is 8.90. The number of rotatable bonds is 1. The molecule has 0 atom stereocenters. The summed E-state index contributed by atoms with van der Waals surface area (Å²) in [6.45, 7) is 5.59. The summed E-state index contributed by atoms with van der Waals surface area (Å²) in [5.74, 6) is 0. The molecule has 1 aliphatic rings. The Bertz CT molecular complexity index is 364. The van der Waals surface area contributed by atoms with Crippen LogP contribution in [0.2, 0.25) is 0 Å². The zero-order valence-corrected chi connectivity index (χ0v) is 9.80. The molecular weight excluding hydrogens is 201 g/mol. The molecule has 1 aliphatic heterocycles. The van der Waals surface area contributed by atoms with Gasteiger partial charge in [0.2, 0.25) is 0 Å². The number of allylic oxidation sites excluding steroid dienone is 4. The van der Waals surface area contributed by atoms with E-state index in [0.29, 0.717) is 12.1 Å². The molecule has 0 unspecified atom stereocenters. The molecule has 0 saturated carbocycles. The lowest BCUT2D eigenvalue weighted by molar-refractivity contribution is 0.375. The summed E-state index contributed by atoms with van der Waals surface area (Å²) < 4.78 is 11.2. The maximum absolute atomic E-state index is 11.2. The Balaban J connectivity index is 3.19. The molecule has 0 spiro atoms. The fourth-order valence-electron chi connectivity index (χ4n) is 1.55. The van der Waals surface area contributed by atoms with Crippen LogP contribution in [0.4, 0.5) is 0 Å². The molecule has 0 saturated heterocycles. The van der Waals surface area contributed by atoms with E-state index in [1.165, 1.54) is 0 Å². The molecule has 0 fully saturated rings. The van der Waals surface area contributed by atoms with Crippen molar-refractivity contribution in [3.05, 3.63) is 22.3 Å². The summed E-state index contributed by atoms with van der Waals surface area (Å²) in [4.78, 5) is 20.1. The van der Waals surface area contributed by atoms with Crippen LogP contribution in [0.1, 0.15) is 27.2 Å². The highest BCUT2D eigenvalue weighted by atomic mass is 31.2. The lowest BCUT2D eigenvalue weighted by Gasteiger charge is -2.31. The Kier molecular flexibility index (Phi) is 2.91. The molecule has 0 aromatic carbocycles. The van der Waals surface area contributed by atoms with Gasteiger partial charge in [0.25, 0.3) is 0 Å². The SMILES string of the molecule is CC1=C(C)N(C)C(C)=C(P(=O)(O)O)C1. The topological polar surface area (TPSA) is 60.8 Å². The fourth-order valence-corrected chi connectivity index (χ4v) is 2.57. The first-order valence-corrected chi connectivity index (χ1v) is 6.02. The summed E-state index contributed by atoms with van der Waals surface area (Å²) in [7, 11) is -2.27. The average Bonchev–Trinajstić information content (AvgIpc) is 2.06. The second-order valence-electron chi connectivity index (χ2n) is 3.68. The predicted octanol–water partition coefficient (Wildman–Crippen LogP) is 2.02. The van der Waals surface area contributed by atoms with Gasteiger partial charge in [-0.25, -0.2) is 0 Å². The first-order chi connectivity index (χ1) is 6.25. The van der Waals surface area contributed by atoms with E-state index in [0.717, 1.165) is 11.3 Å². The van der Waals surface area contributed by atoms with E-state index >= 15 is 0 Å². The Labute approximate surface area is 84.1 Å². The third-order valence-corrected chi connectivity index (χ3v) is 4.01. The maximum atomic E-state index is 11.2. The quantitative estimate of drug-likeness (QED) is 0.660. The molecule has 0 amide bonds. The van der Waals surface area contributed by atoms with E-state index in [9.17, 15) is 4.57 Å². The number of hydrogen-bond donors (Lipinski definition) is 2. The standard InChI is InChI=1S/C9H16NO3P/c1-6-5-9(14(11,12)13)8(3)10(4)7(6)2/h5H2,1-4H3,(H2,11,12,13). The van der Waals surface area contributed by atoms with Crippen molar-refractivity contribution in [2.45, 2.75) is 27.2 Å². The van der Waals surface area contributed by atoms with Crippen LogP contribution in [0.25, 0.3) is 0 Å². The van der Waals surface area contributed by atoms with Crippen molar-refractivity contribution in [2.75, 3.05) is 7.05 Å². The zero-order chi connectivity index (χ0) is 11.1. The van der Waals surface area contributed by atoms with Crippen LogP contribution in [0.15, 0.2) is 22.3 Å². The first-order valence-electron chi connectivity index (χ1n) is 4.41. The predicted molar refractivity (Wildman–Crippen MR) is 55.5 cm³/mol. The Morgan fingerprint density at radius 3 is 2.14 bits per heavy atom. The van der Waals surface area contributed by atoms with Crippen molar-refractivity contribution in [3.63, 3.8) is 0 Å². The van der Waals surface area contributed by atoms with Crippen LogP contribution in [-0.4, -0.2) is 21.7 Å². The molecule has 5 heteroatoms. The molecular formula is C9H16NO3P. The molecule has 0 bridgehead atoms. The van der Waals surface area contributed by atoms with Crippen molar-refractivity contribution in [2.24, 2.45) is 0 Å². The van der Waals surface area contributed by atoms with Crippen molar-refractivity contribution < 1.29 is 14.4 Å². The van der Waals surface area contributed by atoms with Crippen molar-refractivity contribution in [3.8, 4) is 0 Å². The van der Waals surface area contributed by atoms with Crippen LogP contribution >= 0.6 is 7.60 Å². The van der Waals surface area contributed by atoms with Gasteiger partial charge in [-0.2, -0.15) is 0 Å². The largest absolute Gasteiger partial charge is 0.354 e. The van der Waals surface area contributed by atoms with Crippen molar-refractivity contribution in [1.82, 2.24) is 4.90 Å². The minimum absolute atomic E-state index is 0.239. The normalized spacial score (nSPS) is 19.4. The average molecular weight is 217 g/mol. The van der Waals surface area contributed by atoms with E-state index in [-0.39, 0.29) is 5.31 Å². The van der Waals surface area contributed by atoms with Gasteiger partial charge in [0.05, 0.1) is 5.31 Å². The van der Waals surface area contributed by atoms with Crippen LogP contribution in [0, 0.1) is 0 Å². The Hall–Kier alpha value is -0.570. The highest BCUT2D eigenvalue weighted by Crippen LogP contribution is 2.52. The highest BCUT2D eigenvalue weighted by molar-refractivity contribution is 7.56. The minimum Gasteiger partial charge on any atom is -0.352 e. The number of nitrogens with zero attached hydrogens (tertiary/aromatic N) is 1. The Morgan fingerprint density at radius 2 is 1.71 bits per heavy atom. The molecule has 1 heterocycles. The monoisotopic (exact) mass is 217 g/mol. The second kappa shape index (κ2) is 3.54. The third kappa shape index (κ3) is 1.92. The third-order valence-electron chi connectivity index (χ3n) is 2.83. The summed E-state index contributed by atoms with van der Waals surface area (Å²) in [6, 6.07) is 0. The first kappa shape index (κ1) is 11.5. The summed E-state index contributed by atoms with van der Waals surface area (Å²) in [6.07, 6.45) is 0.381. The molecule has 0 aromatic rings. The smallest absolute Gasteiger partial charge is 0.352 e. The molecule has 0 radical (unpaired) electrons. The van der Waals surface area contributed by atoms with Gasteiger partial charge in [0.1, 0.15) is 0 Å². The lowest BCUT2D eigenvalue weighted by Crippen LogP contribution is -2.20. The molecule has 80 valence electrons. The Morgan fingerprint density at radius 1 is 1.21 bits per heavy atom. The van der Waals surface area contributed by atoms with E-state index in [4.69, 9.17) is 9.79 Å². The summed E-state index contributed by atoms with van der Waals surface area (Å²) in [5, 5.41) is 0.239. The van der Waals surface area contributed by atoms with Gasteiger partial charge in [-0.15, -0.1) is 0 Å². The minimum atomic E-state index is -4.09. The van der Waals surface area contributed by atoms with Crippen molar-refractivity contribution in [1.29, 1.82) is 0 Å². The van der Waals surface area contributed by atoms with Gasteiger partial charge in [-0.1, -0.05) is 0 Å². The van der Waals surface area contributed by atoms with Crippen LogP contribution in [-0.2, 0) is 4.57 Å². The summed E-state index contributed by atoms with van der Waals surface area (Å²) in [5.41, 5.74) is 2.75. The molecule has 4 nitrogen and oxygen atoms in total. The molecule has 2 N–H and O–H groups in total. The van der Waals surface area contributed by atoms with E-state index in [1.54, 1.807) is 6.92 Å². The van der Waals surface area contributed by atoms with Gasteiger partial charge in [-0.05, 0) is 26.3 Å². The van der Waals surface area contributed by atoms with Crippen LogP contribution < -0.4 is 0 Å². The number of hydrogen-bond acceptors (Lipinski definition) is 2. The molecule has 1 rings (SSSR count). The van der Waals surface area contributed by atoms with Gasteiger partial charge >= 0.3 is 7.60 Å². The maximum Gasteiger partial charge on any atom is 0.354 e. The van der Waals surface area contributed by atoms with Gasteiger partial charge in [-0.3, -0.25) is 4.57 Å². The van der Waals surface area contributed by atoms with Crippen LogP contribution in [0.5, 0.6) is 0 Å². The van der Waals surface area contributed by atoms with Gasteiger partial charge < -0.3 is 14.7 Å². The summed E-state index contributed by atoms with van der Waals surface area (Å²) >= 11 is 0. The van der Waals surface area contributed by atoms with Gasteiger partial charge in [0, 0.05) is 24.9 Å². The second-order valence-corrected chi connectivity index (χ2v) is 5.31. The molecule has 0 aromatic heterocycles. The van der Waals surface area contributed by atoms with Crippen molar-refractivity contribution >= 4 is 7.60 Å². The van der Waals surface area contributed by atoms with E-state index in [2.05, 4.69) is 0 Å². The van der Waals surface area contributed by atoms with E-state index in [1.807, 2.05) is 25.8 Å². The highest BCUT2D eigenvalue weighted by Gasteiger charge is 2.29.